The normalized spacial score (nSPS) is 12.0. The average Bonchev–Trinajstić information content (AvgIpc) is 1.78. The van der Waals surface area contributed by atoms with Crippen molar-refractivity contribution in [3.8, 4) is 0 Å². The molecular formula is C8H19NO. The van der Waals surface area contributed by atoms with Crippen molar-refractivity contribution in [1.82, 2.24) is 5.32 Å². The van der Waals surface area contributed by atoms with Crippen LogP contribution in [0, 0.1) is 5.41 Å². The predicted molar refractivity (Wildman–Crippen MR) is 44.0 cm³/mol. The van der Waals surface area contributed by atoms with Gasteiger partial charge in [-0.15, -0.1) is 0 Å². The van der Waals surface area contributed by atoms with Gasteiger partial charge in [0.15, 0.2) is 0 Å². The molecule has 0 saturated heterocycles. The maximum absolute atomic E-state index is 4.85. The van der Waals surface area contributed by atoms with Gasteiger partial charge in [0.05, 0.1) is 6.73 Å². The Morgan fingerprint density at radius 1 is 1.30 bits per heavy atom. The average molecular weight is 145 g/mol. The first-order valence-electron chi connectivity index (χ1n) is 3.76. The van der Waals surface area contributed by atoms with Gasteiger partial charge in [-0.3, -0.25) is 5.32 Å². The molecule has 0 spiro atoms. The molecule has 0 amide bonds. The van der Waals surface area contributed by atoms with Crippen LogP contribution >= 0.6 is 0 Å². The number of hydrogen-bond acceptors (Lipinski definition) is 2. The fourth-order valence-corrected chi connectivity index (χ4v) is 0.638. The van der Waals surface area contributed by atoms with E-state index in [-0.39, 0.29) is 0 Å². The topological polar surface area (TPSA) is 21.3 Å². The van der Waals surface area contributed by atoms with Crippen LogP contribution in [0.4, 0.5) is 0 Å². The first kappa shape index (κ1) is 9.92. The van der Waals surface area contributed by atoms with Gasteiger partial charge < -0.3 is 4.74 Å². The van der Waals surface area contributed by atoms with E-state index in [1.807, 2.05) is 0 Å². The molecule has 0 atom stereocenters. The van der Waals surface area contributed by atoms with Gasteiger partial charge in [0, 0.05) is 7.11 Å². The summed E-state index contributed by atoms with van der Waals surface area (Å²) in [6, 6.07) is 0. The van der Waals surface area contributed by atoms with Crippen molar-refractivity contribution in [3.63, 3.8) is 0 Å². The molecule has 0 aliphatic rings. The van der Waals surface area contributed by atoms with Gasteiger partial charge >= 0.3 is 0 Å². The molecule has 2 heteroatoms. The van der Waals surface area contributed by atoms with Crippen molar-refractivity contribution < 1.29 is 4.74 Å². The molecule has 0 unspecified atom stereocenters. The number of methoxy groups -OCH3 is 1. The molecule has 10 heavy (non-hydrogen) atoms. The summed E-state index contributed by atoms with van der Waals surface area (Å²) in [5.41, 5.74) is 0.431. The predicted octanol–water partition coefficient (Wildman–Crippen LogP) is 1.62. The Labute approximate surface area is 64.0 Å². The monoisotopic (exact) mass is 145 g/mol. The number of hydrogen-bond donors (Lipinski definition) is 1. The molecule has 62 valence electrons. The van der Waals surface area contributed by atoms with Crippen LogP contribution in [0.5, 0.6) is 0 Å². The van der Waals surface area contributed by atoms with Gasteiger partial charge in [-0.2, -0.15) is 0 Å². The van der Waals surface area contributed by atoms with E-state index >= 15 is 0 Å². The third kappa shape index (κ3) is 7.92. The van der Waals surface area contributed by atoms with Crippen molar-refractivity contribution in [1.29, 1.82) is 0 Å². The molecule has 0 radical (unpaired) electrons. The summed E-state index contributed by atoms with van der Waals surface area (Å²) in [5.74, 6) is 0. The van der Waals surface area contributed by atoms with Crippen LogP contribution in [0.2, 0.25) is 0 Å². The number of nitrogens with one attached hydrogen (secondary N) is 1. The van der Waals surface area contributed by atoms with Crippen LogP contribution in [0.15, 0.2) is 0 Å². The summed E-state index contributed by atoms with van der Waals surface area (Å²) < 4.78 is 4.85. The molecule has 0 aliphatic carbocycles. The quantitative estimate of drug-likeness (QED) is 0.479. The van der Waals surface area contributed by atoms with E-state index in [0.717, 1.165) is 6.54 Å². The second-order valence-electron chi connectivity index (χ2n) is 3.74. The maximum atomic E-state index is 4.85. The SMILES string of the molecule is COCNCCC(C)(C)C. The third-order valence-corrected chi connectivity index (χ3v) is 1.30. The van der Waals surface area contributed by atoms with Gasteiger partial charge in [-0.25, -0.2) is 0 Å². The minimum absolute atomic E-state index is 0.431. The van der Waals surface area contributed by atoms with Gasteiger partial charge in [0.1, 0.15) is 0 Å². The van der Waals surface area contributed by atoms with Gasteiger partial charge in [0.25, 0.3) is 0 Å². The van der Waals surface area contributed by atoms with Gasteiger partial charge in [0.2, 0.25) is 0 Å². The van der Waals surface area contributed by atoms with E-state index in [9.17, 15) is 0 Å². The maximum Gasteiger partial charge on any atom is 0.0961 e. The molecule has 0 fully saturated rings. The van der Waals surface area contributed by atoms with E-state index in [4.69, 9.17) is 4.74 Å². The summed E-state index contributed by atoms with van der Waals surface area (Å²) >= 11 is 0. The zero-order chi connectivity index (χ0) is 8.04. The van der Waals surface area contributed by atoms with Crippen molar-refractivity contribution in [2.75, 3.05) is 20.4 Å². The smallest absolute Gasteiger partial charge is 0.0961 e. The van der Waals surface area contributed by atoms with E-state index in [1.165, 1.54) is 6.42 Å². The molecule has 0 aromatic heterocycles. The Kier molecular flexibility index (Phi) is 4.65. The van der Waals surface area contributed by atoms with E-state index in [1.54, 1.807) is 7.11 Å². The highest BCUT2D eigenvalue weighted by Gasteiger charge is 2.07. The molecule has 0 rings (SSSR count). The molecule has 0 aromatic rings. The molecule has 0 saturated carbocycles. The van der Waals surface area contributed by atoms with E-state index in [2.05, 4.69) is 26.1 Å². The fraction of sp³-hybridized carbons (Fsp3) is 1.00. The summed E-state index contributed by atoms with van der Waals surface area (Å²) in [5, 5.41) is 3.17. The van der Waals surface area contributed by atoms with Crippen LogP contribution in [0.3, 0.4) is 0 Å². The highest BCUT2D eigenvalue weighted by atomic mass is 16.5. The Hall–Kier alpha value is -0.0800. The van der Waals surface area contributed by atoms with Crippen molar-refractivity contribution in [3.05, 3.63) is 0 Å². The van der Waals surface area contributed by atoms with Crippen LogP contribution in [0.1, 0.15) is 27.2 Å². The lowest BCUT2D eigenvalue weighted by atomic mass is 9.92. The highest BCUT2D eigenvalue weighted by Crippen LogP contribution is 2.16. The molecule has 0 aliphatic heterocycles. The Bertz CT molecular complexity index is 75.8. The zero-order valence-electron chi connectivity index (χ0n) is 7.53. The number of rotatable bonds is 4. The van der Waals surface area contributed by atoms with Crippen molar-refractivity contribution >= 4 is 0 Å². The number of ether oxygens (including phenoxy) is 1. The summed E-state index contributed by atoms with van der Waals surface area (Å²) in [6.07, 6.45) is 1.19. The molecule has 2 nitrogen and oxygen atoms in total. The van der Waals surface area contributed by atoms with Crippen LogP contribution in [-0.2, 0) is 4.74 Å². The fourth-order valence-electron chi connectivity index (χ4n) is 0.638. The third-order valence-electron chi connectivity index (χ3n) is 1.30. The van der Waals surface area contributed by atoms with Crippen LogP contribution in [-0.4, -0.2) is 20.4 Å². The zero-order valence-corrected chi connectivity index (χ0v) is 7.53. The lowest BCUT2D eigenvalue weighted by Gasteiger charge is -2.17. The summed E-state index contributed by atoms with van der Waals surface area (Å²) in [4.78, 5) is 0. The molecule has 0 bridgehead atoms. The highest BCUT2D eigenvalue weighted by molar-refractivity contribution is 4.61. The molecular weight excluding hydrogens is 126 g/mol. The van der Waals surface area contributed by atoms with E-state index in [0.29, 0.717) is 12.1 Å². The standard InChI is InChI=1S/C8H19NO/c1-8(2,3)5-6-9-7-10-4/h9H,5-7H2,1-4H3. The molecule has 0 aromatic carbocycles. The lowest BCUT2D eigenvalue weighted by Crippen LogP contribution is -2.22. The van der Waals surface area contributed by atoms with Gasteiger partial charge in [-0.05, 0) is 18.4 Å². The lowest BCUT2D eigenvalue weighted by molar-refractivity contribution is 0.171. The second-order valence-corrected chi connectivity index (χ2v) is 3.74. The van der Waals surface area contributed by atoms with E-state index < -0.39 is 0 Å². The Morgan fingerprint density at radius 2 is 1.90 bits per heavy atom. The summed E-state index contributed by atoms with van der Waals surface area (Å²) in [7, 11) is 1.70. The molecule has 0 heterocycles. The Balaban J connectivity index is 3.04. The van der Waals surface area contributed by atoms with Crippen molar-refractivity contribution in [2.45, 2.75) is 27.2 Å². The first-order chi connectivity index (χ1) is 4.56. The second kappa shape index (κ2) is 4.69. The van der Waals surface area contributed by atoms with Crippen LogP contribution in [0.25, 0.3) is 0 Å². The summed E-state index contributed by atoms with van der Waals surface area (Å²) in [6.45, 7) is 8.41. The van der Waals surface area contributed by atoms with Gasteiger partial charge in [-0.1, -0.05) is 20.8 Å². The minimum Gasteiger partial charge on any atom is -0.370 e. The molecule has 1 N–H and O–H groups in total. The minimum atomic E-state index is 0.431. The Morgan fingerprint density at radius 3 is 2.30 bits per heavy atom. The van der Waals surface area contributed by atoms with Crippen molar-refractivity contribution in [2.24, 2.45) is 5.41 Å². The largest absolute Gasteiger partial charge is 0.370 e. The van der Waals surface area contributed by atoms with Crippen LogP contribution < -0.4 is 5.32 Å². The first-order valence-corrected chi connectivity index (χ1v) is 3.76.